The SMILES string of the molecule is COc1ccc(C(=O)C=C2NCCc3cc4c(cc32)OCCCO4)cc1OC. The highest BCUT2D eigenvalue weighted by Crippen LogP contribution is 2.36. The monoisotopic (exact) mass is 381 g/mol. The van der Waals surface area contributed by atoms with E-state index in [9.17, 15) is 4.79 Å². The second kappa shape index (κ2) is 7.84. The first kappa shape index (κ1) is 18.2. The van der Waals surface area contributed by atoms with Crippen LogP contribution in [-0.2, 0) is 6.42 Å². The average Bonchev–Trinajstić information content (AvgIpc) is 2.96. The van der Waals surface area contributed by atoms with Gasteiger partial charge in [0, 0.05) is 35.9 Å². The molecule has 4 rings (SSSR count). The van der Waals surface area contributed by atoms with Gasteiger partial charge in [0.1, 0.15) is 0 Å². The zero-order chi connectivity index (χ0) is 19.5. The van der Waals surface area contributed by atoms with E-state index in [0.29, 0.717) is 30.3 Å². The third-order valence-electron chi connectivity index (χ3n) is 4.92. The maximum atomic E-state index is 12.9. The smallest absolute Gasteiger partial charge is 0.188 e. The summed E-state index contributed by atoms with van der Waals surface area (Å²) in [6, 6.07) is 9.16. The number of carbonyl (C=O) groups excluding carboxylic acids is 1. The van der Waals surface area contributed by atoms with E-state index in [1.54, 1.807) is 38.5 Å². The first-order valence-electron chi connectivity index (χ1n) is 9.34. The molecule has 28 heavy (non-hydrogen) atoms. The van der Waals surface area contributed by atoms with Crippen molar-refractivity contribution in [3.05, 3.63) is 53.1 Å². The predicted molar refractivity (Wildman–Crippen MR) is 106 cm³/mol. The van der Waals surface area contributed by atoms with E-state index in [4.69, 9.17) is 18.9 Å². The highest BCUT2D eigenvalue weighted by atomic mass is 16.5. The van der Waals surface area contributed by atoms with Crippen molar-refractivity contribution >= 4 is 11.5 Å². The summed E-state index contributed by atoms with van der Waals surface area (Å²) < 4.78 is 22.1. The Morgan fingerprint density at radius 1 is 1.04 bits per heavy atom. The normalized spacial score (nSPS) is 16.6. The van der Waals surface area contributed by atoms with Gasteiger partial charge in [-0.2, -0.15) is 0 Å². The zero-order valence-electron chi connectivity index (χ0n) is 16.0. The number of carbonyl (C=O) groups is 1. The van der Waals surface area contributed by atoms with Crippen molar-refractivity contribution in [3.63, 3.8) is 0 Å². The summed E-state index contributed by atoms with van der Waals surface area (Å²) in [5, 5.41) is 3.34. The fourth-order valence-electron chi connectivity index (χ4n) is 3.47. The summed E-state index contributed by atoms with van der Waals surface area (Å²) in [5.41, 5.74) is 3.45. The van der Waals surface area contributed by atoms with Gasteiger partial charge in [-0.3, -0.25) is 4.79 Å². The topological polar surface area (TPSA) is 66.0 Å². The van der Waals surface area contributed by atoms with Crippen molar-refractivity contribution in [2.24, 2.45) is 0 Å². The van der Waals surface area contributed by atoms with E-state index >= 15 is 0 Å². The molecule has 0 amide bonds. The number of ketones is 1. The summed E-state index contributed by atoms with van der Waals surface area (Å²) in [6.45, 7) is 2.05. The number of hydrogen-bond donors (Lipinski definition) is 1. The van der Waals surface area contributed by atoms with Crippen molar-refractivity contribution in [1.82, 2.24) is 5.32 Å². The quantitative estimate of drug-likeness (QED) is 0.648. The molecule has 2 aromatic carbocycles. The lowest BCUT2D eigenvalue weighted by atomic mass is 9.95. The van der Waals surface area contributed by atoms with Gasteiger partial charge in [-0.15, -0.1) is 0 Å². The van der Waals surface area contributed by atoms with E-state index in [2.05, 4.69) is 5.32 Å². The molecule has 0 radical (unpaired) electrons. The number of nitrogens with one attached hydrogen (secondary N) is 1. The minimum absolute atomic E-state index is 0.108. The lowest BCUT2D eigenvalue weighted by Gasteiger charge is -2.23. The summed E-state index contributed by atoms with van der Waals surface area (Å²) >= 11 is 0. The maximum absolute atomic E-state index is 12.9. The van der Waals surface area contributed by atoms with Gasteiger partial charge in [0.25, 0.3) is 0 Å². The van der Waals surface area contributed by atoms with Crippen LogP contribution < -0.4 is 24.3 Å². The van der Waals surface area contributed by atoms with Crippen molar-refractivity contribution in [2.75, 3.05) is 34.0 Å². The number of benzene rings is 2. The number of allylic oxidation sites excluding steroid dienone is 1. The van der Waals surface area contributed by atoms with Crippen LogP contribution in [0.25, 0.3) is 5.70 Å². The summed E-state index contributed by atoms with van der Waals surface area (Å²) in [6.07, 6.45) is 3.36. The Labute approximate surface area is 164 Å². The molecule has 1 N–H and O–H groups in total. The number of methoxy groups -OCH3 is 2. The molecule has 0 aromatic heterocycles. The van der Waals surface area contributed by atoms with Crippen LogP contribution in [0.2, 0.25) is 0 Å². The zero-order valence-corrected chi connectivity index (χ0v) is 16.0. The van der Waals surface area contributed by atoms with Crippen LogP contribution in [0.5, 0.6) is 23.0 Å². The Kier molecular flexibility index (Phi) is 5.10. The molecule has 0 saturated carbocycles. The molecule has 0 bridgehead atoms. The molecular formula is C22H23NO5. The van der Waals surface area contributed by atoms with Gasteiger partial charge in [-0.25, -0.2) is 0 Å². The number of hydrogen-bond acceptors (Lipinski definition) is 6. The molecule has 2 heterocycles. The van der Waals surface area contributed by atoms with Gasteiger partial charge in [0.15, 0.2) is 28.8 Å². The fraction of sp³-hybridized carbons (Fsp3) is 0.318. The number of rotatable bonds is 4. The molecule has 2 aliphatic heterocycles. The molecule has 0 aliphatic carbocycles. The Bertz CT molecular complexity index is 935. The molecule has 0 unspecified atom stereocenters. The first-order valence-corrected chi connectivity index (χ1v) is 9.34. The summed E-state index contributed by atoms with van der Waals surface area (Å²) in [5.74, 6) is 2.52. The van der Waals surface area contributed by atoms with Gasteiger partial charge in [-0.1, -0.05) is 0 Å². The minimum Gasteiger partial charge on any atom is -0.493 e. The lowest BCUT2D eigenvalue weighted by molar-refractivity contribution is 0.104. The first-order chi connectivity index (χ1) is 13.7. The molecule has 6 nitrogen and oxygen atoms in total. The van der Waals surface area contributed by atoms with E-state index in [1.807, 2.05) is 12.1 Å². The van der Waals surface area contributed by atoms with E-state index in [-0.39, 0.29) is 5.78 Å². The Balaban J connectivity index is 1.68. The fourth-order valence-corrected chi connectivity index (χ4v) is 3.47. The molecule has 2 aliphatic rings. The van der Waals surface area contributed by atoms with Crippen LogP contribution in [0.3, 0.4) is 0 Å². The van der Waals surface area contributed by atoms with Gasteiger partial charge in [0.2, 0.25) is 0 Å². The van der Waals surface area contributed by atoms with E-state index in [0.717, 1.165) is 47.7 Å². The largest absolute Gasteiger partial charge is 0.493 e. The average molecular weight is 381 g/mol. The Morgan fingerprint density at radius 2 is 1.79 bits per heavy atom. The molecule has 6 heteroatoms. The highest BCUT2D eigenvalue weighted by molar-refractivity contribution is 6.09. The Hall–Kier alpha value is -3.15. The van der Waals surface area contributed by atoms with E-state index in [1.165, 1.54) is 0 Å². The van der Waals surface area contributed by atoms with E-state index < -0.39 is 0 Å². The van der Waals surface area contributed by atoms with Gasteiger partial charge in [0.05, 0.1) is 27.4 Å². The lowest BCUT2D eigenvalue weighted by Crippen LogP contribution is -2.23. The molecule has 0 saturated heterocycles. The predicted octanol–water partition coefficient (Wildman–Crippen LogP) is 3.23. The van der Waals surface area contributed by atoms with Crippen LogP contribution in [0.1, 0.15) is 27.9 Å². The third kappa shape index (κ3) is 3.50. The van der Waals surface area contributed by atoms with Crippen LogP contribution in [-0.4, -0.2) is 39.8 Å². The second-order valence-electron chi connectivity index (χ2n) is 6.68. The molecule has 0 spiro atoms. The number of ether oxygens (including phenoxy) is 4. The van der Waals surface area contributed by atoms with Crippen LogP contribution >= 0.6 is 0 Å². The molecule has 0 atom stereocenters. The second-order valence-corrected chi connectivity index (χ2v) is 6.68. The standard InChI is InChI=1S/C22H23NO5/c1-25-19-5-4-15(11-20(19)26-2)18(24)13-17-16-12-22-21(27-8-3-9-28-22)10-14(16)6-7-23-17/h4-5,10-13,23H,3,6-9H2,1-2H3. The summed E-state index contributed by atoms with van der Waals surface area (Å²) in [4.78, 5) is 12.9. The molecule has 0 fully saturated rings. The maximum Gasteiger partial charge on any atom is 0.188 e. The summed E-state index contributed by atoms with van der Waals surface area (Å²) in [7, 11) is 3.12. The van der Waals surface area contributed by atoms with Crippen molar-refractivity contribution in [2.45, 2.75) is 12.8 Å². The van der Waals surface area contributed by atoms with Gasteiger partial charge in [-0.05, 0) is 42.3 Å². The molecular weight excluding hydrogens is 358 g/mol. The van der Waals surface area contributed by atoms with Crippen LogP contribution in [0.15, 0.2) is 36.4 Å². The third-order valence-corrected chi connectivity index (χ3v) is 4.92. The van der Waals surface area contributed by atoms with Crippen molar-refractivity contribution in [1.29, 1.82) is 0 Å². The highest BCUT2D eigenvalue weighted by Gasteiger charge is 2.21. The van der Waals surface area contributed by atoms with Crippen LogP contribution in [0.4, 0.5) is 0 Å². The Morgan fingerprint density at radius 3 is 2.54 bits per heavy atom. The number of fused-ring (bicyclic) bond motifs is 2. The van der Waals surface area contributed by atoms with Crippen molar-refractivity contribution < 1.29 is 23.7 Å². The van der Waals surface area contributed by atoms with Gasteiger partial charge < -0.3 is 24.3 Å². The molecule has 2 aromatic rings. The van der Waals surface area contributed by atoms with Crippen LogP contribution in [0, 0.1) is 0 Å². The van der Waals surface area contributed by atoms with Gasteiger partial charge >= 0.3 is 0 Å². The molecule has 146 valence electrons. The van der Waals surface area contributed by atoms with Crippen molar-refractivity contribution in [3.8, 4) is 23.0 Å². The minimum atomic E-state index is -0.108.